The number of amides is 1. The molecule has 0 aromatic rings. The molecule has 0 heterocycles. The predicted octanol–water partition coefficient (Wildman–Crippen LogP) is 1.29. The van der Waals surface area contributed by atoms with E-state index in [1.807, 2.05) is 13.8 Å². The minimum Gasteiger partial charge on any atom is -0.353 e. The summed E-state index contributed by atoms with van der Waals surface area (Å²) in [5.41, 5.74) is 0. The van der Waals surface area contributed by atoms with E-state index in [0.717, 1.165) is 0 Å². The van der Waals surface area contributed by atoms with Gasteiger partial charge in [0.1, 0.15) is 0 Å². The molecule has 0 aliphatic heterocycles. The second-order valence-electron chi connectivity index (χ2n) is 2.17. The van der Waals surface area contributed by atoms with Crippen molar-refractivity contribution in [2.45, 2.75) is 31.6 Å². The number of hydrogen-bond donors (Lipinski definition) is 1. The fourth-order valence-corrected chi connectivity index (χ4v) is 0.568. The van der Waals surface area contributed by atoms with E-state index in [-0.39, 0.29) is 11.9 Å². The first kappa shape index (κ1) is 8.95. The summed E-state index contributed by atoms with van der Waals surface area (Å²) in [6.45, 7) is 5.48. The van der Waals surface area contributed by atoms with Crippen molar-refractivity contribution in [2.75, 3.05) is 0 Å². The van der Waals surface area contributed by atoms with Crippen LogP contribution in [-0.2, 0) is 4.79 Å². The maximum absolute atomic E-state index is 10.4. The quantitative estimate of drug-likeness (QED) is 0.659. The normalized spacial score (nSPS) is 16.4. The molecule has 1 amide bonds. The molecule has 2 atom stereocenters. The van der Waals surface area contributed by atoms with Crippen LogP contribution in [0.2, 0.25) is 0 Å². The van der Waals surface area contributed by atoms with E-state index in [9.17, 15) is 4.79 Å². The zero-order valence-electron chi connectivity index (χ0n) is 5.94. The highest BCUT2D eigenvalue weighted by Gasteiger charge is 2.07. The van der Waals surface area contributed by atoms with E-state index in [1.54, 1.807) is 0 Å². The molecule has 0 aromatic heterocycles. The van der Waals surface area contributed by atoms with Gasteiger partial charge in [0, 0.05) is 17.8 Å². The molecule has 2 nitrogen and oxygen atoms in total. The van der Waals surface area contributed by atoms with E-state index in [1.165, 1.54) is 6.92 Å². The summed E-state index contributed by atoms with van der Waals surface area (Å²) in [6.07, 6.45) is 0. The lowest BCUT2D eigenvalue weighted by atomic mass is 10.2. The largest absolute Gasteiger partial charge is 0.353 e. The lowest BCUT2D eigenvalue weighted by molar-refractivity contribution is -0.119. The minimum atomic E-state index is 0.0220. The van der Waals surface area contributed by atoms with E-state index < -0.39 is 0 Å². The minimum absolute atomic E-state index is 0.0220. The van der Waals surface area contributed by atoms with Gasteiger partial charge in [0.15, 0.2) is 0 Å². The van der Waals surface area contributed by atoms with Crippen LogP contribution in [0.1, 0.15) is 20.8 Å². The number of nitrogens with one attached hydrogen (secondary N) is 1. The second kappa shape index (κ2) is 3.88. The van der Waals surface area contributed by atoms with Crippen molar-refractivity contribution in [1.82, 2.24) is 5.32 Å². The van der Waals surface area contributed by atoms with Gasteiger partial charge in [0.2, 0.25) is 5.91 Å². The topological polar surface area (TPSA) is 29.1 Å². The Morgan fingerprint density at radius 3 is 2.11 bits per heavy atom. The van der Waals surface area contributed by atoms with Gasteiger partial charge in [-0.25, -0.2) is 0 Å². The van der Waals surface area contributed by atoms with Gasteiger partial charge in [-0.1, -0.05) is 22.9 Å². The lowest BCUT2D eigenvalue weighted by Gasteiger charge is -2.13. The van der Waals surface area contributed by atoms with Crippen molar-refractivity contribution in [2.24, 2.45) is 0 Å². The van der Waals surface area contributed by atoms with Crippen molar-refractivity contribution in [3.63, 3.8) is 0 Å². The van der Waals surface area contributed by atoms with Crippen molar-refractivity contribution in [3.05, 3.63) is 0 Å². The molecule has 0 saturated carbocycles. The van der Waals surface area contributed by atoms with Crippen molar-refractivity contribution in [3.8, 4) is 0 Å². The lowest BCUT2D eigenvalue weighted by Crippen LogP contribution is -2.35. The van der Waals surface area contributed by atoms with E-state index >= 15 is 0 Å². The van der Waals surface area contributed by atoms with Gasteiger partial charge in [0.05, 0.1) is 0 Å². The van der Waals surface area contributed by atoms with Gasteiger partial charge in [-0.15, -0.1) is 0 Å². The molecule has 0 fully saturated rings. The summed E-state index contributed by atoms with van der Waals surface area (Å²) in [4.78, 5) is 10.8. The molecule has 0 saturated heterocycles. The molecular formula is C6H12BrNO. The first-order valence-electron chi connectivity index (χ1n) is 2.95. The monoisotopic (exact) mass is 193 g/mol. The molecule has 1 unspecified atom stereocenters. The van der Waals surface area contributed by atoms with Crippen LogP contribution >= 0.6 is 15.9 Å². The number of alkyl halides is 1. The van der Waals surface area contributed by atoms with E-state index in [4.69, 9.17) is 0 Å². The van der Waals surface area contributed by atoms with E-state index in [2.05, 4.69) is 21.2 Å². The SMILES string of the molecule is CC(=O)N[C@@H](C)C(C)Br. The molecule has 0 rings (SSSR count). The average molecular weight is 194 g/mol. The Labute approximate surface area is 64.1 Å². The number of rotatable bonds is 2. The van der Waals surface area contributed by atoms with Crippen LogP contribution in [-0.4, -0.2) is 16.8 Å². The third-order valence-corrected chi connectivity index (χ3v) is 1.91. The number of carbonyl (C=O) groups is 1. The Bertz CT molecular complexity index is 103. The molecule has 0 spiro atoms. The molecule has 0 aliphatic rings. The third-order valence-electron chi connectivity index (χ3n) is 1.12. The van der Waals surface area contributed by atoms with Crippen LogP contribution in [0.3, 0.4) is 0 Å². The summed E-state index contributed by atoms with van der Waals surface area (Å²) in [7, 11) is 0. The first-order chi connectivity index (χ1) is 4.04. The van der Waals surface area contributed by atoms with Crippen LogP contribution in [0.25, 0.3) is 0 Å². The Morgan fingerprint density at radius 1 is 1.56 bits per heavy atom. The molecule has 9 heavy (non-hydrogen) atoms. The van der Waals surface area contributed by atoms with Crippen molar-refractivity contribution in [1.29, 1.82) is 0 Å². The number of carbonyl (C=O) groups excluding carboxylic acids is 1. The molecule has 0 aromatic carbocycles. The summed E-state index contributed by atoms with van der Waals surface area (Å²) in [5, 5.41) is 2.76. The van der Waals surface area contributed by atoms with Crippen LogP contribution in [0.4, 0.5) is 0 Å². The summed E-state index contributed by atoms with van der Waals surface area (Å²) in [6, 6.07) is 0.211. The highest BCUT2D eigenvalue weighted by Crippen LogP contribution is 2.02. The Kier molecular flexibility index (Phi) is 3.86. The van der Waals surface area contributed by atoms with Crippen LogP contribution in [0.15, 0.2) is 0 Å². The predicted molar refractivity (Wildman–Crippen MR) is 41.7 cm³/mol. The molecule has 0 aliphatic carbocycles. The zero-order valence-corrected chi connectivity index (χ0v) is 7.53. The van der Waals surface area contributed by atoms with Crippen molar-refractivity contribution >= 4 is 21.8 Å². The Hall–Kier alpha value is -0.0500. The number of hydrogen-bond acceptors (Lipinski definition) is 1. The van der Waals surface area contributed by atoms with Crippen LogP contribution < -0.4 is 5.32 Å². The maximum atomic E-state index is 10.4. The fraction of sp³-hybridized carbons (Fsp3) is 0.833. The zero-order chi connectivity index (χ0) is 7.44. The average Bonchev–Trinajstić information content (AvgIpc) is 1.63. The van der Waals surface area contributed by atoms with Gasteiger partial charge in [-0.3, -0.25) is 4.79 Å². The smallest absolute Gasteiger partial charge is 0.217 e. The first-order valence-corrected chi connectivity index (χ1v) is 3.86. The Morgan fingerprint density at radius 2 is 2.00 bits per heavy atom. The van der Waals surface area contributed by atoms with Gasteiger partial charge in [-0.05, 0) is 6.92 Å². The molecule has 0 bridgehead atoms. The van der Waals surface area contributed by atoms with Crippen LogP contribution in [0, 0.1) is 0 Å². The molecule has 0 radical (unpaired) electrons. The summed E-state index contributed by atoms with van der Waals surface area (Å²) < 4.78 is 0. The molecular weight excluding hydrogens is 182 g/mol. The third kappa shape index (κ3) is 4.45. The molecule has 3 heteroatoms. The van der Waals surface area contributed by atoms with Crippen LogP contribution in [0.5, 0.6) is 0 Å². The fourth-order valence-electron chi connectivity index (χ4n) is 0.435. The molecule has 1 N–H and O–H groups in total. The standard InChI is InChI=1S/C6H12BrNO/c1-4(7)5(2)8-6(3)9/h4-5H,1-3H3,(H,8,9)/t4?,5-/m0/s1. The maximum Gasteiger partial charge on any atom is 0.217 e. The second-order valence-corrected chi connectivity index (χ2v) is 3.61. The number of halogens is 1. The van der Waals surface area contributed by atoms with Gasteiger partial charge in [-0.2, -0.15) is 0 Å². The van der Waals surface area contributed by atoms with Crippen molar-refractivity contribution < 1.29 is 4.79 Å². The van der Waals surface area contributed by atoms with E-state index in [0.29, 0.717) is 4.83 Å². The molecule has 54 valence electrons. The van der Waals surface area contributed by atoms with Gasteiger partial charge >= 0.3 is 0 Å². The Balaban J connectivity index is 3.50. The summed E-state index contributed by atoms with van der Waals surface area (Å²) in [5.74, 6) is 0.0220. The van der Waals surface area contributed by atoms with Gasteiger partial charge < -0.3 is 5.32 Å². The highest BCUT2D eigenvalue weighted by molar-refractivity contribution is 9.09. The van der Waals surface area contributed by atoms with Gasteiger partial charge in [0.25, 0.3) is 0 Å². The highest BCUT2D eigenvalue weighted by atomic mass is 79.9. The summed E-state index contributed by atoms with van der Waals surface area (Å²) >= 11 is 3.35.